The van der Waals surface area contributed by atoms with E-state index in [0.29, 0.717) is 16.9 Å². The summed E-state index contributed by atoms with van der Waals surface area (Å²) >= 11 is 0. The van der Waals surface area contributed by atoms with Gasteiger partial charge in [-0.2, -0.15) is 0 Å². The maximum absolute atomic E-state index is 12.3. The van der Waals surface area contributed by atoms with E-state index in [9.17, 15) is 9.90 Å². The number of carboxylic acids is 1. The molecule has 0 radical (unpaired) electrons. The molecule has 0 saturated carbocycles. The van der Waals surface area contributed by atoms with Crippen LogP contribution in [-0.2, 0) is 5.60 Å². The minimum Gasteiger partial charge on any atom is -0.478 e. The monoisotopic (exact) mass is 404 g/mol. The Morgan fingerprint density at radius 3 is 1.94 bits per heavy atom. The van der Waals surface area contributed by atoms with Gasteiger partial charge in [0.25, 0.3) is 0 Å². The van der Waals surface area contributed by atoms with Crippen LogP contribution in [0.25, 0.3) is 22.9 Å². The summed E-state index contributed by atoms with van der Waals surface area (Å²) in [5.41, 5.74) is 2.43. The largest absolute Gasteiger partial charge is 0.478 e. The van der Waals surface area contributed by atoms with E-state index in [-0.39, 0.29) is 5.56 Å². The van der Waals surface area contributed by atoms with Gasteiger partial charge in [-0.25, -0.2) is 4.79 Å². The van der Waals surface area contributed by atoms with Gasteiger partial charge >= 0.3 is 5.97 Å². The van der Waals surface area contributed by atoms with Gasteiger partial charge in [0, 0.05) is 22.1 Å². The van der Waals surface area contributed by atoms with Crippen molar-refractivity contribution < 1.29 is 14.6 Å². The summed E-state index contributed by atoms with van der Waals surface area (Å²) in [7, 11) is 0. The lowest BCUT2D eigenvalue weighted by Gasteiger charge is -2.37. The van der Waals surface area contributed by atoms with Gasteiger partial charge in [-0.05, 0) is 23.1 Å². The molecule has 1 aliphatic heterocycles. The van der Waals surface area contributed by atoms with Crippen LogP contribution in [0.15, 0.2) is 97.6 Å². The lowest BCUT2D eigenvalue weighted by molar-refractivity contribution is 0.0695. The Bertz CT molecular complexity index is 1300. The predicted molar refractivity (Wildman–Crippen MR) is 124 cm³/mol. The van der Waals surface area contributed by atoms with Crippen LogP contribution in [0.1, 0.15) is 32.6 Å². The molecule has 4 aromatic carbocycles. The summed E-state index contributed by atoms with van der Waals surface area (Å²) in [6.45, 7) is 3.87. The van der Waals surface area contributed by atoms with Crippen molar-refractivity contribution in [3.05, 3.63) is 125 Å². The van der Waals surface area contributed by atoms with Crippen molar-refractivity contribution in [3.63, 3.8) is 0 Å². The molecule has 3 nitrogen and oxygen atoms in total. The van der Waals surface area contributed by atoms with E-state index in [0.717, 1.165) is 21.9 Å². The van der Waals surface area contributed by atoms with E-state index in [1.807, 2.05) is 97.1 Å². The summed E-state index contributed by atoms with van der Waals surface area (Å²) in [6.07, 6.45) is 5.44. The zero-order chi connectivity index (χ0) is 21.4. The number of benzene rings is 4. The molecule has 0 spiro atoms. The quantitative estimate of drug-likeness (QED) is 0.421. The molecule has 4 aromatic rings. The molecular formula is C28H20O3. The summed E-state index contributed by atoms with van der Waals surface area (Å²) in [6, 6.07) is 27.7. The van der Waals surface area contributed by atoms with Crippen LogP contribution in [0.4, 0.5) is 0 Å². The number of fused-ring (bicyclic) bond motifs is 3. The molecule has 0 bridgehead atoms. The van der Waals surface area contributed by atoms with Gasteiger partial charge in [0.2, 0.25) is 0 Å². The van der Waals surface area contributed by atoms with Crippen LogP contribution in [0.5, 0.6) is 5.75 Å². The van der Waals surface area contributed by atoms with Gasteiger partial charge in [0.15, 0.2) is 5.60 Å². The minimum absolute atomic E-state index is 0.203. The molecule has 1 N–H and O–H groups in total. The highest BCUT2D eigenvalue weighted by Crippen LogP contribution is 2.47. The number of hydrogen-bond acceptors (Lipinski definition) is 2. The Morgan fingerprint density at radius 2 is 1.39 bits per heavy atom. The van der Waals surface area contributed by atoms with E-state index >= 15 is 0 Å². The van der Waals surface area contributed by atoms with Crippen molar-refractivity contribution in [3.8, 4) is 5.75 Å². The van der Waals surface area contributed by atoms with E-state index < -0.39 is 11.6 Å². The van der Waals surface area contributed by atoms with Gasteiger partial charge in [-0.3, -0.25) is 0 Å². The van der Waals surface area contributed by atoms with Crippen LogP contribution in [-0.4, -0.2) is 11.1 Å². The first-order valence-corrected chi connectivity index (χ1v) is 10.1. The second kappa shape index (κ2) is 7.29. The van der Waals surface area contributed by atoms with Crippen molar-refractivity contribution in [2.24, 2.45) is 0 Å². The second-order valence-electron chi connectivity index (χ2n) is 7.49. The maximum atomic E-state index is 12.3. The van der Waals surface area contributed by atoms with Crippen LogP contribution in [0.3, 0.4) is 0 Å². The van der Waals surface area contributed by atoms with E-state index in [2.05, 4.69) is 6.58 Å². The maximum Gasteiger partial charge on any atom is 0.337 e. The molecule has 0 saturated heterocycles. The SMILES string of the molecule is C=Cc1c(C(=O)O)c2c(c3ccccc13)OC(c1ccccc1)(c1ccccc1)C=C2. The molecule has 0 unspecified atom stereocenters. The van der Waals surface area contributed by atoms with Gasteiger partial charge in [-0.15, -0.1) is 0 Å². The Hall–Kier alpha value is -4.11. The molecule has 0 fully saturated rings. The predicted octanol–water partition coefficient (Wildman–Crippen LogP) is 6.53. The van der Waals surface area contributed by atoms with Gasteiger partial charge in [-0.1, -0.05) is 97.6 Å². The second-order valence-corrected chi connectivity index (χ2v) is 7.49. The fraction of sp³-hybridized carbons (Fsp3) is 0.0357. The van der Waals surface area contributed by atoms with E-state index in [1.165, 1.54) is 0 Å². The van der Waals surface area contributed by atoms with Crippen molar-refractivity contribution >= 4 is 28.9 Å². The smallest absolute Gasteiger partial charge is 0.337 e. The third-order valence-corrected chi connectivity index (χ3v) is 5.82. The fourth-order valence-electron chi connectivity index (χ4n) is 4.41. The third-order valence-electron chi connectivity index (χ3n) is 5.82. The highest BCUT2D eigenvalue weighted by molar-refractivity contribution is 6.09. The first-order chi connectivity index (χ1) is 15.2. The van der Waals surface area contributed by atoms with Crippen molar-refractivity contribution in [2.75, 3.05) is 0 Å². The number of hydrogen-bond donors (Lipinski definition) is 1. The minimum atomic E-state index is -1.00. The lowest BCUT2D eigenvalue weighted by Crippen LogP contribution is -2.34. The Balaban J connectivity index is 1.87. The highest BCUT2D eigenvalue weighted by Gasteiger charge is 2.39. The fourth-order valence-corrected chi connectivity index (χ4v) is 4.41. The Morgan fingerprint density at radius 1 is 0.839 bits per heavy atom. The first-order valence-electron chi connectivity index (χ1n) is 10.1. The molecule has 5 rings (SSSR count). The Labute approximate surface area is 180 Å². The first kappa shape index (κ1) is 18.9. The van der Waals surface area contributed by atoms with Crippen molar-refractivity contribution in [1.82, 2.24) is 0 Å². The van der Waals surface area contributed by atoms with Crippen molar-refractivity contribution in [2.45, 2.75) is 5.60 Å². The highest BCUT2D eigenvalue weighted by atomic mass is 16.5. The molecule has 31 heavy (non-hydrogen) atoms. The van der Waals surface area contributed by atoms with Crippen molar-refractivity contribution in [1.29, 1.82) is 0 Å². The molecule has 0 aliphatic carbocycles. The lowest BCUT2D eigenvalue weighted by atomic mass is 9.82. The van der Waals surface area contributed by atoms with E-state index in [4.69, 9.17) is 4.74 Å². The summed E-state index contributed by atoms with van der Waals surface area (Å²) in [4.78, 5) is 12.3. The molecule has 150 valence electrons. The van der Waals surface area contributed by atoms with E-state index in [1.54, 1.807) is 6.08 Å². The van der Waals surface area contributed by atoms with Gasteiger partial charge in [0.1, 0.15) is 5.75 Å². The number of carboxylic acid groups (broad SMARTS) is 1. The molecule has 0 amide bonds. The normalized spacial score (nSPS) is 13.9. The third kappa shape index (κ3) is 2.86. The average molecular weight is 404 g/mol. The van der Waals surface area contributed by atoms with Crippen LogP contribution in [0.2, 0.25) is 0 Å². The number of carbonyl (C=O) groups is 1. The standard InChI is InChI=1S/C28H20O3/c1-2-21-22-15-9-10-16-23(22)26-24(25(21)27(29)30)17-18-28(31-26,19-11-5-3-6-12-19)20-13-7-4-8-14-20/h2-18H,1H2,(H,29,30). The average Bonchev–Trinajstić information content (AvgIpc) is 2.83. The topological polar surface area (TPSA) is 46.5 Å². The van der Waals surface area contributed by atoms with Crippen LogP contribution in [0, 0.1) is 0 Å². The zero-order valence-electron chi connectivity index (χ0n) is 16.8. The molecule has 0 aromatic heterocycles. The number of rotatable bonds is 4. The molecule has 3 heteroatoms. The van der Waals surface area contributed by atoms with Gasteiger partial charge in [0.05, 0.1) is 5.56 Å². The summed E-state index contributed by atoms with van der Waals surface area (Å²) in [5, 5.41) is 11.7. The number of aromatic carboxylic acids is 1. The summed E-state index contributed by atoms with van der Waals surface area (Å²) < 4.78 is 6.81. The summed E-state index contributed by atoms with van der Waals surface area (Å²) in [5.74, 6) is -0.439. The van der Waals surface area contributed by atoms with Crippen LogP contribution < -0.4 is 4.74 Å². The zero-order valence-corrected chi connectivity index (χ0v) is 16.8. The molecule has 0 atom stereocenters. The molecule has 1 heterocycles. The Kier molecular flexibility index (Phi) is 4.45. The van der Waals surface area contributed by atoms with Gasteiger partial charge < -0.3 is 9.84 Å². The molecular weight excluding hydrogens is 384 g/mol. The molecule has 1 aliphatic rings. The number of ether oxygens (including phenoxy) is 1. The van der Waals surface area contributed by atoms with Crippen LogP contribution >= 0.6 is 0 Å².